The van der Waals surface area contributed by atoms with E-state index in [2.05, 4.69) is 25.9 Å². The van der Waals surface area contributed by atoms with Gasteiger partial charge in [-0.3, -0.25) is 4.90 Å². The number of rotatable bonds is 4. The highest BCUT2D eigenvalue weighted by Gasteiger charge is 2.48. The van der Waals surface area contributed by atoms with Gasteiger partial charge < -0.3 is 14.7 Å². The average molecular weight is 562 g/mol. The van der Waals surface area contributed by atoms with Crippen molar-refractivity contribution in [2.24, 2.45) is 0 Å². The number of nitrogens with zero attached hydrogens (tertiary/aromatic N) is 4. The number of benzene rings is 1. The van der Waals surface area contributed by atoms with Gasteiger partial charge in [-0.15, -0.1) is 0 Å². The highest BCUT2D eigenvalue weighted by atomic mass is 79.9. The van der Waals surface area contributed by atoms with Crippen LogP contribution in [0.3, 0.4) is 0 Å². The monoisotopic (exact) mass is 560 g/mol. The first-order chi connectivity index (χ1) is 16.1. The Morgan fingerprint density at radius 2 is 2.03 bits per heavy atom. The zero-order valence-corrected chi connectivity index (χ0v) is 21.0. The molecule has 3 fully saturated rings. The summed E-state index contributed by atoms with van der Waals surface area (Å²) in [4.78, 5) is 12.8. The molecule has 4 heterocycles. The second kappa shape index (κ2) is 8.80. The minimum Gasteiger partial charge on any atom is -0.461 e. The molecule has 5 rings (SSSR count). The molecule has 3 saturated heterocycles. The standard InChI is InChI=1S/C23H25BrClF3N4O2/c1-22(33)4-2-6-31(11-22)20-14-8-15(25)16(24)17(26)18(14)29-21(30-20)34-12-23-5-3-7-32(23)10-13(9-23)19(27)28/h8,33H,2-7,9-12H2,1H3/t22-,23?/m1/s1. The molecule has 1 aromatic carbocycles. The number of hydrogen-bond acceptors (Lipinski definition) is 6. The summed E-state index contributed by atoms with van der Waals surface area (Å²) in [7, 11) is 0. The molecule has 34 heavy (non-hydrogen) atoms. The average Bonchev–Trinajstić information content (AvgIpc) is 3.33. The van der Waals surface area contributed by atoms with E-state index >= 15 is 4.39 Å². The van der Waals surface area contributed by atoms with Crippen molar-refractivity contribution in [3.8, 4) is 6.01 Å². The number of ether oxygens (including phenoxy) is 1. The molecule has 3 aliphatic heterocycles. The molecular weight excluding hydrogens is 537 g/mol. The topological polar surface area (TPSA) is 61.7 Å². The third kappa shape index (κ3) is 4.27. The third-order valence-electron chi connectivity index (χ3n) is 7.16. The summed E-state index contributed by atoms with van der Waals surface area (Å²) in [6.07, 6.45) is 1.63. The third-order valence-corrected chi connectivity index (χ3v) is 8.46. The zero-order chi connectivity index (χ0) is 24.3. The van der Waals surface area contributed by atoms with Gasteiger partial charge in [-0.25, -0.2) is 4.39 Å². The van der Waals surface area contributed by atoms with E-state index in [1.54, 1.807) is 13.0 Å². The number of hydrogen-bond donors (Lipinski definition) is 1. The Hall–Kier alpha value is -1.62. The maximum absolute atomic E-state index is 15.2. The van der Waals surface area contributed by atoms with Crippen molar-refractivity contribution in [2.75, 3.05) is 37.7 Å². The lowest BCUT2D eigenvalue weighted by Gasteiger charge is -2.38. The fourth-order valence-electron chi connectivity index (χ4n) is 5.51. The second-order valence-electron chi connectivity index (χ2n) is 9.81. The van der Waals surface area contributed by atoms with Gasteiger partial charge in [-0.1, -0.05) is 11.6 Å². The van der Waals surface area contributed by atoms with Gasteiger partial charge in [0.15, 0.2) is 5.82 Å². The van der Waals surface area contributed by atoms with E-state index < -0.39 is 23.0 Å². The van der Waals surface area contributed by atoms with Crippen molar-refractivity contribution < 1.29 is 23.0 Å². The van der Waals surface area contributed by atoms with E-state index in [9.17, 15) is 13.9 Å². The van der Waals surface area contributed by atoms with Gasteiger partial charge >= 0.3 is 6.01 Å². The number of halogens is 5. The normalized spacial score (nSPS) is 27.5. The minimum absolute atomic E-state index is 0.0276. The second-order valence-corrected chi connectivity index (χ2v) is 11.0. The predicted octanol–water partition coefficient (Wildman–Crippen LogP) is 5.30. The van der Waals surface area contributed by atoms with Crippen LogP contribution in [0.1, 0.15) is 39.0 Å². The summed E-state index contributed by atoms with van der Waals surface area (Å²) in [5, 5.41) is 11.2. The molecule has 184 valence electrons. The van der Waals surface area contributed by atoms with Gasteiger partial charge in [0, 0.05) is 30.6 Å². The van der Waals surface area contributed by atoms with Crippen molar-refractivity contribution >= 4 is 44.3 Å². The molecule has 1 N–H and O–H groups in total. The molecular formula is C23H25BrClF3N4O2. The van der Waals surface area contributed by atoms with E-state index in [4.69, 9.17) is 16.3 Å². The molecule has 0 radical (unpaired) electrons. The van der Waals surface area contributed by atoms with Crippen molar-refractivity contribution in [3.63, 3.8) is 0 Å². The number of anilines is 1. The summed E-state index contributed by atoms with van der Waals surface area (Å²) in [5.74, 6) is -0.207. The Morgan fingerprint density at radius 3 is 2.76 bits per heavy atom. The first kappa shape index (κ1) is 24.1. The predicted molar refractivity (Wildman–Crippen MR) is 127 cm³/mol. The van der Waals surface area contributed by atoms with Crippen LogP contribution in [0.5, 0.6) is 6.01 Å². The first-order valence-corrected chi connectivity index (χ1v) is 12.5. The van der Waals surface area contributed by atoms with Crippen molar-refractivity contribution in [2.45, 2.75) is 50.2 Å². The summed E-state index contributed by atoms with van der Waals surface area (Å²) < 4.78 is 47.9. The zero-order valence-electron chi connectivity index (χ0n) is 18.7. The number of fused-ring (bicyclic) bond motifs is 2. The fourth-order valence-corrected chi connectivity index (χ4v) is 6.00. The number of β-amino-alcohol motifs (C(OH)–C–C–N with tert-alkyl or cyclic N) is 1. The highest BCUT2D eigenvalue weighted by molar-refractivity contribution is 9.10. The summed E-state index contributed by atoms with van der Waals surface area (Å²) in [5.41, 5.74) is -1.26. The van der Waals surface area contributed by atoms with Crippen molar-refractivity contribution in [3.05, 3.63) is 33.0 Å². The van der Waals surface area contributed by atoms with Crippen LogP contribution in [0.4, 0.5) is 19.0 Å². The summed E-state index contributed by atoms with van der Waals surface area (Å²) in [6.45, 7) is 3.79. The molecule has 1 unspecified atom stereocenters. The van der Waals surface area contributed by atoms with E-state index in [0.29, 0.717) is 30.7 Å². The molecule has 2 aromatic rings. The fraction of sp³-hybridized carbons (Fsp3) is 0.565. The van der Waals surface area contributed by atoms with E-state index in [1.807, 2.05) is 9.80 Å². The van der Waals surface area contributed by atoms with Crippen LogP contribution in [-0.2, 0) is 0 Å². The first-order valence-electron chi connectivity index (χ1n) is 11.3. The maximum atomic E-state index is 15.2. The van der Waals surface area contributed by atoms with Crippen molar-refractivity contribution in [1.29, 1.82) is 0 Å². The smallest absolute Gasteiger partial charge is 0.319 e. The molecule has 11 heteroatoms. The lowest BCUT2D eigenvalue weighted by atomic mass is 9.94. The molecule has 0 bridgehead atoms. The Kier molecular flexibility index (Phi) is 6.23. The molecule has 0 amide bonds. The van der Waals surface area contributed by atoms with Gasteiger partial charge in [0.25, 0.3) is 6.08 Å². The number of piperidine rings is 1. The minimum atomic E-state index is -1.63. The van der Waals surface area contributed by atoms with Gasteiger partial charge in [-0.05, 0) is 67.6 Å². The molecule has 0 aliphatic carbocycles. The molecule has 1 aromatic heterocycles. The van der Waals surface area contributed by atoms with E-state index in [0.717, 1.165) is 25.8 Å². The number of aromatic nitrogens is 2. The van der Waals surface area contributed by atoms with Crippen LogP contribution in [0, 0.1) is 5.82 Å². The summed E-state index contributed by atoms with van der Waals surface area (Å²) in [6, 6.07) is 1.57. The van der Waals surface area contributed by atoms with Crippen LogP contribution >= 0.6 is 27.5 Å². The maximum Gasteiger partial charge on any atom is 0.319 e. The Labute approximate surface area is 208 Å². The van der Waals surface area contributed by atoms with Gasteiger partial charge in [0.05, 0.1) is 20.6 Å². The highest BCUT2D eigenvalue weighted by Crippen LogP contribution is 2.43. The molecule has 2 atom stereocenters. The quantitative estimate of drug-likeness (QED) is 0.511. The van der Waals surface area contributed by atoms with E-state index in [1.165, 1.54) is 0 Å². The van der Waals surface area contributed by atoms with Crippen LogP contribution in [0.25, 0.3) is 10.9 Å². The van der Waals surface area contributed by atoms with Crippen LogP contribution in [0.15, 0.2) is 22.2 Å². The Balaban J connectivity index is 1.52. The van der Waals surface area contributed by atoms with Gasteiger partial charge in [-0.2, -0.15) is 18.7 Å². The van der Waals surface area contributed by atoms with Gasteiger partial charge in [0.2, 0.25) is 0 Å². The van der Waals surface area contributed by atoms with Crippen LogP contribution in [0.2, 0.25) is 5.02 Å². The molecule has 0 saturated carbocycles. The largest absolute Gasteiger partial charge is 0.461 e. The number of aliphatic hydroxyl groups is 1. The van der Waals surface area contributed by atoms with Gasteiger partial charge in [0.1, 0.15) is 17.9 Å². The van der Waals surface area contributed by atoms with Crippen molar-refractivity contribution in [1.82, 2.24) is 14.9 Å². The van der Waals surface area contributed by atoms with Crippen LogP contribution < -0.4 is 9.64 Å². The molecule has 0 spiro atoms. The molecule has 3 aliphatic rings. The lowest BCUT2D eigenvalue weighted by molar-refractivity contribution is 0.0447. The Bertz CT molecular complexity index is 1180. The summed E-state index contributed by atoms with van der Waals surface area (Å²) >= 11 is 9.40. The SMILES string of the molecule is C[C@@]1(O)CCCN(c2nc(OCC34CCCN3CC(=C(F)F)C4)nc3c(F)c(Br)c(Cl)cc23)C1. The van der Waals surface area contributed by atoms with E-state index in [-0.39, 0.29) is 46.2 Å². The Morgan fingerprint density at radius 1 is 1.26 bits per heavy atom. The lowest BCUT2D eigenvalue weighted by Crippen LogP contribution is -2.46. The molecule has 6 nitrogen and oxygen atoms in total. The van der Waals surface area contributed by atoms with Crippen LogP contribution in [-0.4, -0.2) is 63.9 Å².